The number of nitrogens with zero attached hydrogens (tertiary/aromatic N) is 4. The Kier molecular flexibility index (Phi) is 9.60. The number of benzene rings is 3. The van der Waals surface area contributed by atoms with E-state index in [9.17, 15) is 10.5 Å². The minimum Gasteiger partial charge on any atom is -0.334 e. The molecule has 2 aromatic heterocycles. The van der Waals surface area contributed by atoms with Crippen molar-refractivity contribution >= 4 is 34.7 Å². The summed E-state index contributed by atoms with van der Waals surface area (Å²) in [6.45, 7) is 13.1. The normalized spacial score (nSPS) is 18.8. The van der Waals surface area contributed by atoms with E-state index in [1.807, 2.05) is 36.4 Å². The first kappa shape index (κ1) is 35.7. The van der Waals surface area contributed by atoms with Crippen LogP contribution in [-0.4, -0.2) is 9.13 Å². The number of para-hydroxylation sites is 1. The maximum atomic E-state index is 10.4. The molecule has 3 aromatic carbocycles. The standard InChI is InChI=1S/C51H46N4/c1-6-7-18-44-35(5)54(48-23-14-15-34(4)50(44)48)41-17-9-8-16-38(28-41)46-30-37(24-25-39(46)32-53)40-26-36(31-52)27-42(29-40)55-47-21-12-11-20-45(47)51-43(33(2)3)19-10-13-22-49(51)55/h6-9,11-14,16-18,20-30,33-34,41,43H,1,10,15,19H2,2-5H3/b18-7-/t34?,41?,43-/m0/s1. The van der Waals surface area contributed by atoms with Gasteiger partial charge < -0.3 is 9.13 Å². The molecule has 4 heteroatoms. The molecule has 3 aliphatic rings. The van der Waals surface area contributed by atoms with E-state index < -0.39 is 0 Å². The van der Waals surface area contributed by atoms with Gasteiger partial charge in [-0.05, 0) is 138 Å². The predicted octanol–water partition coefficient (Wildman–Crippen LogP) is 13.2. The number of nitriles is 2. The van der Waals surface area contributed by atoms with Crippen LogP contribution in [0.3, 0.4) is 0 Å². The van der Waals surface area contributed by atoms with E-state index in [-0.39, 0.29) is 6.04 Å². The van der Waals surface area contributed by atoms with Gasteiger partial charge >= 0.3 is 0 Å². The van der Waals surface area contributed by atoms with Gasteiger partial charge in [-0.3, -0.25) is 0 Å². The van der Waals surface area contributed by atoms with Crippen molar-refractivity contribution < 1.29 is 0 Å². The van der Waals surface area contributed by atoms with Crippen LogP contribution in [0.25, 0.3) is 51.5 Å². The Bertz CT molecular complexity index is 2630. The Balaban J connectivity index is 1.27. The molecule has 0 saturated heterocycles. The second-order valence-electron chi connectivity index (χ2n) is 15.4. The summed E-state index contributed by atoms with van der Waals surface area (Å²) in [6.07, 6.45) is 29.1. The van der Waals surface area contributed by atoms with Crippen molar-refractivity contribution in [1.82, 2.24) is 9.13 Å². The van der Waals surface area contributed by atoms with E-state index in [1.165, 1.54) is 39.2 Å². The highest BCUT2D eigenvalue weighted by molar-refractivity contribution is 5.91. The minimum absolute atomic E-state index is 0.0664. The maximum absolute atomic E-state index is 10.4. The zero-order valence-electron chi connectivity index (χ0n) is 32.1. The highest BCUT2D eigenvalue weighted by atomic mass is 15.0. The number of aromatic nitrogens is 2. The summed E-state index contributed by atoms with van der Waals surface area (Å²) in [5.74, 6) is 1.34. The van der Waals surface area contributed by atoms with Crippen molar-refractivity contribution in [2.75, 3.05) is 0 Å². The van der Waals surface area contributed by atoms with Crippen molar-refractivity contribution in [3.8, 4) is 29.0 Å². The van der Waals surface area contributed by atoms with Gasteiger partial charge in [-0.2, -0.15) is 10.5 Å². The number of hydrogen-bond donors (Lipinski definition) is 0. The summed E-state index contributed by atoms with van der Waals surface area (Å²) in [5.41, 5.74) is 14.7. The van der Waals surface area contributed by atoms with Crippen LogP contribution in [0.4, 0.5) is 0 Å². The smallest absolute Gasteiger partial charge is 0.0998 e. The number of hydrogen-bond acceptors (Lipinski definition) is 2. The number of allylic oxidation sites excluding steroid dienone is 10. The van der Waals surface area contributed by atoms with E-state index >= 15 is 0 Å². The second-order valence-corrected chi connectivity index (χ2v) is 15.4. The van der Waals surface area contributed by atoms with Crippen LogP contribution in [0.1, 0.15) is 108 Å². The summed E-state index contributed by atoms with van der Waals surface area (Å²) in [6, 6.07) is 25.8. The van der Waals surface area contributed by atoms with Gasteiger partial charge in [0.2, 0.25) is 0 Å². The highest BCUT2D eigenvalue weighted by Crippen LogP contribution is 2.44. The Morgan fingerprint density at radius 3 is 2.53 bits per heavy atom. The van der Waals surface area contributed by atoms with E-state index in [4.69, 9.17) is 0 Å². The van der Waals surface area contributed by atoms with Crippen molar-refractivity contribution in [3.63, 3.8) is 0 Å². The Morgan fingerprint density at radius 2 is 1.73 bits per heavy atom. The van der Waals surface area contributed by atoms with Crippen LogP contribution in [0.15, 0.2) is 122 Å². The van der Waals surface area contributed by atoms with Crippen LogP contribution in [0.2, 0.25) is 0 Å². The number of rotatable bonds is 7. The Hall–Kier alpha value is -6.36. The first-order valence-corrected chi connectivity index (χ1v) is 19.5. The molecular weight excluding hydrogens is 669 g/mol. The zero-order valence-corrected chi connectivity index (χ0v) is 32.1. The molecule has 8 rings (SSSR count). The summed E-state index contributed by atoms with van der Waals surface area (Å²) in [5, 5.41) is 22.1. The first-order chi connectivity index (χ1) is 26.8. The zero-order chi connectivity index (χ0) is 38.2. The number of fused-ring (bicyclic) bond motifs is 4. The van der Waals surface area contributed by atoms with Gasteiger partial charge in [0.1, 0.15) is 0 Å². The van der Waals surface area contributed by atoms with E-state index in [0.29, 0.717) is 28.9 Å². The van der Waals surface area contributed by atoms with Gasteiger partial charge in [0.15, 0.2) is 0 Å². The van der Waals surface area contributed by atoms with Crippen molar-refractivity contribution in [1.29, 1.82) is 10.5 Å². The third-order valence-electron chi connectivity index (χ3n) is 11.7. The van der Waals surface area contributed by atoms with Gasteiger partial charge in [-0.1, -0.05) is 106 Å². The molecule has 0 saturated carbocycles. The molecule has 0 spiro atoms. The fourth-order valence-corrected chi connectivity index (χ4v) is 9.12. The average molecular weight is 715 g/mol. The fraction of sp³-hybridized carbons (Fsp3) is 0.216. The van der Waals surface area contributed by atoms with E-state index in [2.05, 4.69) is 153 Å². The largest absolute Gasteiger partial charge is 0.334 e. The first-order valence-electron chi connectivity index (χ1n) is 19.5. The SMILES string of the molecule is C=C/C=C\c1c2c(n(C3C=CC=CC(c4cc(-c5cc(C#N)cc(-n6c7c(c8ccccc86)[C@H](C(C)C)CCC=C7)c5)ccc4C#N)=C3)c1C)C=CCC2C. The van der Waals surface area contributed by atoms with Gasteiger partial charge in [0.05, 0.1) is 34.8 Å². The van der Waals surface area contributed by atoms with E-state index in [1.54, 1.807) is 0 Å². The van der Waals surface area contributed by atoms with E-state index in [0.717, 1.165) is 52.7 Å². The highest BCUT2D eigenvalue weighted by Gasteiger charge is 2.28. The van der Waals surface area contributed by atoms with Crippen molar-refractivity contribution in [3.05, 3.63) is 172 Å². The summed E-state index contributed by atoms with van der Waals surface area (Å²) < 4.78 is 4.77. The predicted molar refractivity (Wildman–Crippen MR) is 230 cm³/mol. The summed E-state index contributed by atoms with van der Waals surface area (Å²) in [7, 11) is 0. The Labute approximate surface area is 325 Å². The molecule has 5 aromatic rings. The molecule has 55 heavy (non-hydrogen) atoms. The monoisotopic (exact) mass is 714 g/mol. The lowest BCUT2D eigenvalue weighted by Gasteiger charge is -2.21. The van der Waals surface area contributed by atoms with Gasteiger partial charge in [0.25, 0.3) is 0 Å². The van der Waals surface area contributed by atoms with Crippen LogP contribution in [0.5, 0.6) is 0 Å². The van der Waals surface area contributed by atoms with Crippen LogP contribution in [-0.2, 0) is 0 Å². The average Bonchev–Trinajstić information content (AvgIpc) is 3.41. The molecule has 0 fully saturated rings. The molecule has 0 aliphatic heterocycles. The summed E-state index contributed by atoms with van der Waals surface area (Å²) >= 11 is 0. The van der Waals surface area contributed by atoms with Crippen molar-refractivity contribution in [2.24, 2.45) is 5.92 Å². The molecule has 3 atom stereocenters. The molecular formula is C51H46N4. The third-order valence-corrected chi connectivity index (χ3v) is 11.7. The lowest BCUT2D eigenvalue weighted by Crippen LogP contribution is -2.10. The van der Waals surface area contributed by atoms with Crippen LogP contribution >= 0.6 is 0 Å². The molecule has 2 unspecified atom stereocenters. The second kappa shape index (κ2) is 14.8. The molecule has 270 valence electrons. The summed E-state index contributed by atoms with van der Waals surface area (Å²) in [4.78, 5) is 0. The van der Waals surface area contributed by atoms with Crippen molar-refractivity contribution in [2.45, 2.75) is 64.8 Å². The van der Waals surface area contributed by atoms with Gasteiger partial charge in [-0.25, -0.2) is 0 Å². The molecule has 0 radical (unpaired) electrons. The Morgan fingerprint density at radius 1 is 0.891 bits per heavy atom. The molecule has 4 nitrogen and oxygen atoms in total. The molecule has 0 N–H and O–H groups in total. The van der Waals surface area contributed by atoms with Crippen LogP contribution < -0.4 is 0 Å². The minimum atomic E-state index is -0.0664. The quantitative estimate of drug-likeness (QED) is 0.158. The van der Waals surface area contributed by atoms with Crippen LogP contribution in [0, 0.1) is 35.5 Å². The molecule has 0 amide bonds. The van der Waals surface area contributed by atoms with Gasteiger partial charge in [0, 0.05) is 28.2 Å². The lowest BCUT2D eigenvalue weighted by molar-refractivity contribution is 0.475. The topological polar surface area (TPSA) is 57.4 Å². The molecule has 0 bridgehead atoms. The fourth-order valence-electron chi connectivity index (χ4n) is 9.12. The third kappa shape index (κ3) is 6.29. The van der Waals surface area contributed by atoms with Gasteiger partial charge in [-0.15, -0.1) is 0 Å². The lowest BCUT2D eigenvalue weighted by atomic mass is 9.84. The maximum Gasteiger partial charge on any atom is 0.0998 e. The molecule has 2 heterocycles. The molecule has 3 aliphatic carbocycles.